The lowest BCUT2D eigenvalue weighted by atomic mass is 10.0. The second-order valence-electron chi connectivity index (χ2n) is 12.1. The number of hydrogen-bond acceptors (Lipinski definition) is 5. The highest BCUT2D eigenvalue weighted by Crippen LogP contribution is 2.32. The predicted molar refractivity (Wildman–Crippen MR) is 181 cm³/mol. The Morgan fingerprint density at radius 3 is 2.36 bits per heavy atom. The summed E-state index contributed by atoms with van der Waals surface area (Å²) in [5.74, 6) is 0.0769. The lowest BCUT2D eigenvalue weighted by Crippen LogP contribution is -2.55. The molecule has 1 unspecified atom stereocenters. The maximum absolute atomic E-state index is 12.5. The molecule has 2 saturated heterocycles. The van der Waals surface area contributed by atoms with Gasteiger partial charge in [-0.15, -0.1) is 0 Å². The van der Waals surface area contributed by atoms with Crippen LogP contribution in [0.4, 0.5) is 0 Å². The molecule has 1 amide bonds. The Morgan fingerprint density at radius 2 is 1.66 bits per heavy atom. The number of hydrogen-bond donors (Lipinski definition) is 3. The third-order valence-electron chi connectivity index (χ3n) is 8.86. The van der Waals surface area contributed by atoms with Crippen molar-refractivity contribution in [3.8, 4) is 11.1 Å². The van der Waals surface area contributed by atoms with E-state index in [1.165, 1.54) is 33.2 Å². The largest absolute Gasteiger partial charge is 0.355 e. The number of fused-ring (bicyclic) bond motifs is 1. The molecule has 2 aliphatic rings. The molecule has 2 fully saturated rings. The molecular weight excluding hydrogens is 591 g/mol. The van der Waals surface area contributed by atoms with Crippen LogP contribution < -0.4 is 16.0 Å². The highest BCUT2D eigenvalue weighted by Gasteiger charge is 2.21. The van der Waals surface area contributed by atoms with Crippen molar-refractivity contribution in [2.75, 3.05) is 52.4 Å². The molecule has 3 heterocycles. The first-order valence-corrected chi connectivity index (χ1v) is 16.5. The van der Waals surface area contributed by atoms with E-state index < -0.39 is 0 Å². The average molecular weight is 634 g/mol. The van der Waals surface area contributed by atoms with E-state index in [1.807, 2.05) is 18.2 Å². The third-order valence-corrected chi connectivity index (χ3v) is 9.56. The second kappa shape index (κ2) is 14.5. The number of piperazine rings is 2. The SMILES string of the molecule is Cc1ccc(-c2cn(CCCNC(=O)C3CNCCN3)c3ccc(CN4CCN(Cc5c(Cl)cccc5Cl)CC4)cc23)cc1. The molecule has 6 rings (SSSR count). The van der Waals surface area contributed by atoms with Gasteiger partial charge in [-0.2, -0.15) is 0 Å². The Labute approximate surface area is 270 Å². The first kappa shape index (κ1) is 31.1. The summed E-state index contributed by atoms with van der Waals surface area (Å²) in [4.78, 5) is 17.5. The molecule has 7 nitrogen and oxygen atoms in total. The van der Waals surface area contributed by atoms with E-state index in [1.54, 1.807) is 0 Å². The summed E-state index contributed by atoms with van der Waals surface area (Å²) in [6.07, 6.45) is 3.15. The summed E-state index contributed by atoms with van der Waals surface area (Å²) in [6.45, 7) is 11.7. The maximum atomic E-state index is 12.5. The number of carbonyl (C=O) groups is 1. The lowest BCUT2D eigenvalue weighted by molar-refractivity contribution is -0.123. The van der Waals surface area contributed by atoms with Gasteiger partial charge in [-0.3, -0.25) is 14.6 Å². The number of rotatable bonds is 10. The second-order valence-corrected chi connectivity index (χ2v) is 12.9. The topological polar surface area (TPSA) is 64.6 Å². The highest BCUT2D eigenvalue weighted by molar-refractivity contribution is 6.35. The van der Waals surface area contributed by atoms with E-state index >= 15 is 0 Å². The van der Waals surface area contributed by atoms with E-state index in [4.69, 9.17) is 23.2 Å². The van der Waals surface area contributed by atoms with Crippen LogP contribution in [0, 0.1) is 6.92 Å². The zero-order valence-corrected chi connectivity index (χ0v) is 26.9. The van der Waals surface area contributed by atoms with Crippen LogP contribution >= 0.6 is 23.2 Å². The van der Waals surface area contributed by atoms with Gasteiger partial charge >= 0.3 is 0 Å². The number of nitrogens with zero attached hydrogens (tertiary/aromatic N) is 3. The third kappa shape index (κ3) is 7.48. The number of aryl methyl sites for hydroxylation is 2. The molecule has 3 N–H and O–H groups in total. The van der Waals surface area contributed by atoms with Gasteiger partial charge in [0, 0.05) is 110 Å². The maximum Gasteiger partial charge on any atom is 0.238 e. The minimum absolute atomic E-state index is 0.0769. The van der Waals surface area contributed by atoms with Gasteiger partial charge in [-0.1, -0.05) is 65.2 Å². The first-order valence-electron chi connectivity index (χ1n) is 15.7. The van der Waals surface area contributed by atoms with E-state index in [-0.39, 0.29) is 11.9 Å². The van der Waals surface area contributed by atoms with Crippen molar-refractivity contribution in [2.24, 2.45) is 0 Å². The smallest absolute Gasteiger partial charge is 0.238 e. The van der Waals surface area contributed by atoms with Crippen LogP contribution in [0.25, 0.3) is 22.0 Å². The van der Waals surface area contributed by atoms with Crippen molar-refractivity contribution in [1.82, 2.24) is 30.3 Å². The fourth-order valence-electron chi connectivity index (χ4n) is 6.28. The first-order chi connectivity index (χ1) is 21.4. The monoisotopic (exact) mass is 632 g/mol. The van der Waals surface area contributed by atoms with Gasteiger partial charge in [0.1, 0.15) is 0 Å². The van der Waals surface area contributed by atoms with Crippen LogP contribution in [0.3, 0.4) is 0 Å². The van der Waals surface area contributed by atoms with E-state index in [2.05, 4.69) is 85.9 Å². The Bertz CT molecular complexity index is 1550. The molecule has 0 spiro atoms. The molecule has 232 valence electrons. The summed E-state index contributed by atoms with van der Waals surface area (Å²) in [6, 6.07) is 21.3. The van der Waals surface area contributed by atoms with Crippen molar-refractivity contribution in [2.45, 2.75) is 39.0 Å². The van der Waals surface area contributed by atoms with Crippen molar-refractivity contribution in [3.05, 3.63) is 93.6 Å². The molecule has 2 aliphatic heterocycles. The van der Waals surface area contributed by atoms with Gasteiger partial charge in [0.2, 0.25) is 5.91 Å². The Balaban J connectivity index is 1.12. The minimum atomic E-state index is -0.147. The lowest BCUT2D eigenvalue weighted by Gasteiger charge is -2.35. The van der Waals surface area contributed by atoms with Crippen LogP contribution in [-0.4, -0.2) is 78.7 Å². The summed E-state index contributed by atoms with van der Waals surface area (Å²) in [5.41, 5.74) is 7.32. The van der Waals surface area contributed by atoms with Crippen LogP contribution in [0.5, 0.6) is 0 Å². The molecule has 3 aromatic carbocycles. The average Bonchev–Trinajstić information content (AvgIpc) is 3.40. The Hall–Kier alpha value is -2.91. The number of carbonyl (C=O) groups excluding carboxylic acids is 1. The summed E-state index contributed by atoms with van der Waals surface area (Å²) in [7, 11) is 0. The van der Waals surface area contributed by atoms with Crippen molar-refractivity contribution in [1.29, 1.82) is 0 Å². The molecule has 0 bridgehead atoms. The number of aromatic nitrogens is 1. The Morgan fingerprint density at radius 1 is 0.932 bits per heavy atom. The van der Waals surface area contributed by atoms with E-state index in [0.717, 1.165) is 80.9 Å². The number of halogens is 2. The molecule has 1 aromatic heterocycles. The molecular formula is C35H42Cl2N6O. The van der Waals surface area contributed by atoms with Crippen molar-refractivity contribution in [3.63, 3.8) is 0 Å². The van der Waals surface area contributed by atoms with Crippen LogP contribution in [0.1, 0.15) is 23.1 Å². The number of nitrogens with one attached hydrogen (secondary N) is 3. The van der Waals surface area contributed by atoms with Gasteiger partial charge in [-0.05, 0) is 48.7 Å². The van der Waals surface area contributed by atoms with Crippen molar-refractivity contribution < 1.29 is 4.79 Å². The molecule has 9 heteroatoms. The van der Waals surface area contributed by atoms with Crippen molar-refractivity contribution >= 4 is 40.0 Å². The standard InChI is InChI=1S/C35H42Cl2N6O/c1-25-6-9-27(10-7-25)29-24-43(15-3-12-40-35(44)33-21-38-13-14-39-33)34-11-8-26(20-28(29)34)22-41-16-18-42(19-17-41)23-30-31(36)4-2-5-32(30)37/h2,4-11,20,24,33,38-39H,3,12-19,21-23H2,1H3,(H,40,44). The van der Waals surface area contributed by atoms with E-state index in [0.29, 0.717) is 13.1 Å². The van der Waals surface area contributed by atoms with Gasteiger partial charge < -0.3 is 20.5 Å². The fourth-order valence-corrected chi connectivity index (χ4v) is 6.80. The Kier molecular flexibility index (Phi) is 10.2. The minimum Gasteiger partial charge on any atom is -0.355 e. The van der Waals surface area contributed by atoms with Crippen LogP contribution in [-0.2, 0) is 24.4 Å². The van der Waals surface area contributed by atoms with Gasteiger partial charge in [0.05, 0.1) is 6.04 Å². The van der Waals surface area contributed by atoms with E-state index in [9.17, 15) is 4.79 Å². The molecule has 44 heavy (non-hydrogen) atoms. The summed E-state index contributed by atoms with van der Waals surface area (Å²) in [5, 5.41) is 12.4. The molecule has 0 radical (unpaired) electrons. The molecule has 0 saturated carbocycles. The zero-order chi connectivity index (χ0) is 30.5. The van der Waals surface area contributed by atoms with Gasteiger partial charge in [0.25, 0.3) is 0 Å². The number of benzene rings is 3. The van der Waals surface area contributed by atoms with Gasteiger partial charge in [0.15, 0.2) is 0 Å². The van der Waals surface area contributed by atoms with Crippen LogP contribution in [0.15, 0.2) is 66.9 Å². The predicted octanol–water partition coefficient (Wildman–Crippen LogP) is 5.31. The zero-order valence-electron chi connectivity index (χ0n) is 25.4. The highest BCUT2D eigenvalue weighted by atomic mass is 35.5. The number of amides is 1. The normalized spacial score (nSPS) is 18.1. The molecule has 4 aromatic rings. The summed E-state index contributed by atoms with van der Waals surface area (Å²) < 4.78 is 2.35. The summed E-state index contributed by atoms with van der Waals surface area (Å²) >= 11 is 12.9. The quantitative estimate of drug-likeness (QED) is 0.207. The molecule has 1 atom stereocenters. The van der Waals surface area contributed by atoms with Gasteiger partial charge in [-0.25, -0.2) is 0 Å². The molecule has 0 aliphatic carbocycles. The van der Waals surface area contributed by atoms with Crippen LogP contribution in [0.2, 0.25) is 10.0 Å². The fraction of sp³-hybridized carbons (Fsp3) is 0.400.